The Hall–Kier alpha value is -3.27. The number of nitrogens with zero attached hydrogens (tertiary/aromatic N) is 1. The highest BCUT2D eigenvalue weighted by Gasteiger charge is 2.32. The molecule has 0 aliphatic carbocycles. The minimum absolute atomic E-state index is 0.0421. The van der Waals surface area contributed by atoms with E-state index in [-0.39, 0.29) is 17.3 Å². The number of morpholine rings is 1. The molecule has 0 spiro atoms. The predicted molar refractivity (Wildman–Crippen MR) is 109 cm³/mol. The number of hydrogen-bond donors (Lipinski definition) is 2. The molecule has 10 heteroatoms. The highest BCUT2D eigenvalue weighted by Crippen LogP contribution is 2.36. The summed E-state index contributed by atoms with van der Waals surface area (Å²) < 4.78 is 50.3. The van der Waals surface area contributed by atoms with Crippen LogP contribution in [-0.4, -0.2) is 44.7 Å². The summed E-state index contributed by atoms with van der Waals surface area (Å²) in [6.45, 7) is 2.76. The van der Waals surface area contributed by atoms with Gasteiger partial charge in [0.1, 0.15) is 5.75 Å². The third-order valence-corrected chi connectivity index (χ3v) is 4.51. The van der Waals surface area contributed by atoms with Crippen LogP contribution in [-0.2, 0) is 20.5 Å². The van der Waals surface area contributed by atoms with Crippen molar-refractivity contribution in [3.63, 3.8) is 0 Å². The lowest BCUT2D eigenvalue weighted by Crippen LogP contribution is -2.37. The number of para-hydroxylation sites is 2. The van der Waals surface area contributed by atoms with Crippen LogP contribution in [0.2, 0.25) is 0 Å². The standard InChI is InChI=1S/C21H22F3N3O4/c1-14(28)25-16-4-2-3-5-19(16)31-13-20(29)26-17-12-15(21(22,23)24)6-7-18(17)27-8-10-30-11-9-27/h2-7,12H,8-11,13H2,1H3,(H,25,28)(H,26,29). The summed E-state index contributed by atoms with van der Waals surface area (Å²) in [5, 5.41) is 5.10. The van der Waals surface area contributed by atoms with Gasteiger partial charge in [0.2, 0.25) is 5.91 Å². The van der Waals surface area contributed by atoms with Gasteiger partial charge in [-0.05, 0) is 30.3 Å². The summed E-state index contributed by atoms with van der Waals surface area (Å²) >= 11 is 0. The van der Waals surface area contributed by atoms with Crippen molar-refractivity contribution in [2.75, 3.05) is 48.4 Å². The largest absolute Gasteiger partial charge is 0.482 e. The molecule has 7 nitrogen and oxygen atoms in total. The summed E-state index contributed by atoms with van der Waals surface area (Å²) in [6.07, 6.45) is -4.54. The van der Waals surface area contributed by atoms with Gasteiger partial charge in [-0.25, -0.2) is 0 Å². The molecule has 0 radical (unpaired) electrons. The summed E-state index contributed by atoms with van der Waals surface area (Å²) in [5.41, 5.74) is 0.0383. The molecule has 1 aliphatic heterocycles. The molecule has 0 bridgehead atoms. The molecule has 1 saturated heterocycles. The molecular weight excluding hydrogens is 415 g/mol. The van der Waals surface area contributed by atoms with Crippen LogP contribution in [0.25, 0.3) is 0 Å². The Morgan fingerprint density at radius 2 is 1.77 bits per heavy atom. The number of anilines is 3. The van der Waals surface area contributed by atoms with Gasteiger partial charge in [-0.2, -0.15) is 13.2 Å². The molecule has 0 aromatic heterocycles. The number of nitrogens with one attached hydrogen (secondary N) is 2. The Balaban J connectivity index is 1.76. The van der Waals surface area contributed by atoms with Gasteiger partial charge in [0.25, 0.3) is 5.91 Å². The zero-order valence-corrected chi connectivity index (χ0v) is 16.8. The number of amides is 2. The van der Waals surface area contributed by atoms with Crippen LogP contribution >= 0.6 is 0 Å². The third-order valence-electron chi connectivity index (χ3n) is 4.51. The Morgan fingerprint density at radius 3 is 2.45 bits per heavy atom. The molecule has 2 aromatic rings. The zero-order chi connectivity index (χ0) is 22.4. The van der Waals surface area contributed by atoms with E-state index in [1.807, 2.05) is 4.90 Å². The maximum absolute atomic E-state index is 13.2. The number of halogens is 3. The number of alkyl halides is 3. The first-order chi connectivity index (χ1) is 14.7. The molecule has 1 fully saturated rings. The fraction of sp³-hybridized carbons (Fsp3) is 0.333. The van der Waals surface area contributed by atoms with Crippen molar-refractivity contribution in [3.05, 3.63) is 48.0 Å². The topological polar surface area (TPSA) is 79.9 Å². The average molecular weight is 437 g/mol. The van der Waals surface area contributed by atoms with Crippen molar-refractivity contribution in [2.24, 2.45) is 0 Å². The number of benzene rings is 2. The molecule has 166 valence electrons. The van der Waals surface area contributed by atoms with Crippen LogP contribution in [0.4, 0.5) is 30.2 Å². The molecule has 2 aromatic carbocycles. The fourth-order valence-electron chi connectivity index (χ4n) is 3.11. The number of ether oxygens (including phenoxy) is 2. The normalized spacial score (nSPS) is 14.1. The van der Waals surface area contributed by atoms with E-state index >= 15 is 0 Å². The van der Waals surface area contributed by atoms with Crippen molar-refractivity contribution in [3.8, 4) is 5.75 Å². The molecule has 2 N–H and O–H groups in total. The lowest BCUT2D eigenvalue weighted by atomic mass is 10.1. The molecule has 3 rings (SSSR count). The summed E-state index contributed by atoms with van der Waals surface area (Å²) in [4.78, 5) is 25.6. The molecule has 1 heterocycles. The second kappa shape index (κ2) is 9.69. The van der Waals surface area contributed by atoms with Crippen LogP contribution in [0, 0.1) is 0 Å². The minimum atomic E-state index is -4.54. The Kier molecular flexibility index (Phi) is 7.01. The first-order valence-electron chi connectivity index (χ1n) is 9.57. The van der Waals surface area contributed by atoms with Gasteiger partial charge in [0.15, 0.2) is 6.61 Å². The molecular formula is C21H22F3N3O4. The van der Waals surface area contributed by atoms with E-state index < -0.39 is 24.3 Å². The van der Waals surface area contributed by atoms with Crippen molar-refractivity contribution < 1.29 is 32.2 Å². The highest BCUT2D eigenvalue weighted by atomic mass is 19.4. The SMILES string of the molecule is CC(=O)Nc1ccccc1OCC(=O)Nc1cc(C(F)(F)F)ccc1N1CCOCC1. The second-order valence-electron chi connectivity index (χ2n) is 6.84. The van der Waals surface area contributed by atoms with Crippen LogP contribution in [0.15, 0.2) is 42.5 Å². The van der Waals surface area contributed by atoms with Crippen LogP contribution < -0.4 is 20.3 Å². The van der Waals surface area contributed by atoms with E-state index in [2.05, 4.69) is 10.6 Å². The van der Waals surface area contributed by atoms with Crippen molar-refractivity contribution in [1.29, 1.82) is 0 Å². The lowest BCUT2D eigenvalue weighted by molar-refractivity contribution is -0.137. The third kappa shape index (κ3) is 6.11. The van der Waals surface area contributed by atoms with Crippen LogP contribution in [0.3, 0.4) is 0 Å². The van der Waals surface area contributed by atoms with Gasteiger partial charge >= 0.3 is 6.18 Å². The quantitative estimate of drug-likeness (QED) is 0.723. The van der Waals surface area contributed by atoms with E-state index in [0.717, 1.165) is 12.1 Å². The predicted octanol–water partition coefficient (Wildman–Crippen LogP) is 3.52. The minimum Gasteiger partial charge on any atom is -0.482 e. The molecule has 0 unspecified atom stereocenters. The van der Waals surface area contributed by atoms with Crippen LogP contribution in [0.5, 0.6) is 5.75 Å². The van der Waals surface area contributed by atoms with E-state index in [0.29, 0.717) is 37.7 Å². The first kappa shape index (κ1) is 22.4. The maximum Gasteiger partial charge on any atom is 0.416 e. The van der Waals surface area contributed by atoms with Crippen molar-refractivity contribution in [2.45, 2.75) is 13.1 Å². The van der Waals surface area contributed by atoms with Gasteiger partial charge in [-0.3, -0.25) is 9.59 Å². The summed E-state index contributed by atoms with van der Waals surface area (Å²) in [6, 6.07) is 9.78. The van der Waals surface area contributed by atoms with Gasteiger partial charge < -0.3 is 25.0 Å². The molecule has 2 amide bonds. The van der Waals surface area contributed by atoms with Gasteiger partial charge in [-0.1, -0.05) is 12.1 Å². The molecule has 1 aliphatic rings. The smallest absolute Gasteiger partial charge is 0.416 e. The van der Waals surface area contributed by atoms with E-state index in [1.165, 1.54) is 13.0 Å². The number of hydrogen-bond acceptors (Lipinski definition) is 5. The Morgan fingerprint density at radius 1 is 1.06 bits per heavy atom. The first-order valence-corrected chi connectivity index (χ1v) is 9.57. The number of rotatable bonds is 6. The monoisotopic (exact) mass is 437 g/mol. The number of carbonyl (C=O) groups excluding carboxylic acids is 2. The number of carbonyl (C=O) groups is 2. The fourth-order valence-corrected chi connectivity index (χ4v) is 3.11. The Bertz CT molecular complexity index is 944. The average Bonchev–Trinajstić information content (AvgIpc) is 2.72. The molecule has 31 heavy (non-hydrogen) atoms. The highest BCUT2D eigenvalue weighted by molar-refractivity contribution is 5.96. The van der Waals surface area contributed by atoms with Gasteiger partial charge in [0, 0.05) is 20.0 Å². The van der Waals surface area contributed by atoms with Crippen molar-refractivity contribution in [1.82, 2.24) is 0 Å². The summed E-state index contributed by atoms with van der Waals surface area (Å²) in [7, 11) is 0. The zero-order valence-electron chi connectivity index (χ0n) is 16.8. The molecule has 0 atom stereocenters. The van der Waals surface area contributed by atoms with E-state index in [1.54, 1.807) is 24.3 Å². The van der Waals surface area contributed by atoms with E-state index in [4.69, 9.17) is 9.47 Å². The van der Waals surface area contributed by atoms with E-state index in [9.17, 15) is 22.8 Å². The Labute approximate surface area is 177 Å². The van der Waals surface area contributed by atoms with Gasteiger partial charge in [-0.15, -0.1) is 0 Å². The molecule has 0 saturated carbocycles. The van der Waals surface area contributed by atoms with Crippen molar-refractivity contribution >= 4 is 28.9 Å². The summed E-state index contributed by atoms with van der Waals surface area (Å²) in [5.74, 6) is -0.670. The lowest BCUT2D eigenvalue weighted by Gasteiger charge is -2.31. The van der Waals surface area contributed by atoms with Crippen LogP contribution in [0.1, 0.15) is 12.5 Å². The second-order valence-corrected chi connectivity index (χ2v) is 6.84. The van der Waals surface area contributed by atoms with Gasteiger partial charge in [0.05, 0.1) is 35.8 Å². The maximum atomic E-state index is 13.2.